The standard InChI is InChI=1S/C8H6N4O.C6H5.C2H6.BrH.Mg/c1-5(13)7-11-4-6-8(12-7)10-3-2-9-6;1-2-4-6-5-3-1;1-2;;/h2-4H,1H3;1-5H;1-2H3;1H;/q;-1;;;+2/p-1/i3D;;;;. The summed E-state index contributed by atoms with van der Waals surface area (Å²) in [6.45, 7) is 5.37. The number of aromatic nitrogens is 4. The fourth-order valence-electron chi connectivity index (χ4n) is 1.24. The fraction of sp³-hybridized carbons (Fsp3) is 0.188. The van der Waals surface area contributed by atoms with Crippen LogP contribution in [-0.4, -0.2) is 48.8 Å². The molecule has 0 unspecified atom stereocenters. The summed E-state index contributed by atoms with van der Waals surface area (Å²) in [5.41, 5.74) is 0.753. The monoisotopic (exact) mass is 385 g/mol. The molecule has 0 radical (unpaired) electrons. The molecule has 0 fully saturated rings. The zero-order chi connectivity index (χ0) is 16.4. The van der Waals surface area contributed by atoms with Gasteiger partial charge in [-0.1, -0.05) is 13.8 Å². The van der Waals surface area contributed by atoms with E-state index < -0.39 is 0 Å². The van der Waals surface area contributed by atoms with Gasteiger partial charge in [0.25, 0.3) is 0 Å². The van der Waals surface area contributed by atoms with Crippen molar-refractivity contribution in [2.24, 2.45) is 0 Å². The minimum atomic E-state index is -0.232. The van der Waals surface area contributed by atoms with Gasteiger partial charge in [-0.2, -0.15) is 36.4 Å². The SMILES string of the molecule is CC.[2H]c1cnc2cnc(C(C)=O)nc2n1.[Br-].[Mg+2].[c-]1ccccc1. The number of hydrogen-bond acceptors (Lipinski definition) is 5. The maximum atomic E-state index is 11.0. The van der Waals surface area contributed by atoms with Crippen molar-refractivity contribution >= 4 is 40.0 Å². The second kappa shape index (κ2) is 14.2. The van der Waals surface area contributed by atoms with Crippen LogP contribution in [0.1, 0.15) is 32.8 Å². The van der Waals surface area contributed by atoms with E-state index in [4.69, 9.17) is 1.37 Å². The van der Waals surface area contributed by atoms with Gasteiger partial charge in [0.15, 0.2) is 17.3 Å². The second-order valence-corrected chi connectivity index (χ2v) is 3.54. The van der Waals surface area contributed by atoms with Crippen molar-refractivity contribution < 1.29 is 23.1 Å². The van der Waals surface area contributed by atoms with Crippen LogP contribution in [0, 0.1) is 6.07 Å². The van der Waals surface area contributed by atoms with Gasteiger partial charge in [0.05, 0.1) is 7.57 Å². The van der Waals surface area contributed by atoms with Gasteiger partial charge in [-0.05, 0) is 0 Å². The number of rotatable bonds is 1. The summed E-state index contributed by atoms with van der Waals surface area (Å²) in [6, 6.07) is 12.5. The van der Waals surface area contributed by atoms with Crippen molar-refractivity contribution in [3.8, 4) is 0 Å². The Morgan fingerprint density at radius 3 is 2.26 bits per heavy atom. The predicted molar refractivity (Wildman–Crippen MR) is 87.5 cm³/mol. The quantitative estimate of drug-likeness (QED) is 0.328. The Bertz CT molecular complexity index is 705. The van der Waals surface area contributed by atoms with Gasteiger partial charge in [0.1, 0.15) is 5.52 Å². The molecule has 0 spiro atoms. The molecule has 0 aliphatic heterocycles. The smallest absolute Gasteiger partial charge is 1.00 e. The number of halogens is 1. The van der Waals surface area contributed by atoms with Crippen molar-refractivity contribution in [1.29, 1.82) is 0 Å². The second-order valence-electron chi connectivity index (χ2n) is 3.54. The molecule has 1 aromatic carbocycles. The number of hydrogen-bond donors (Lipinski definition) is 0. The Morgan fingerprint density at radius 2 is 1.78 bits per heavy atom. The number of Topliss-reactive ketones (excluding diaryl/α,β-unsaturated/α-hetero) is 1. The Hall–Kier alpha value is -1.44. The topological polar surface area (TPSA) is 68.6 Å². The molecule has 0 saturated carbocycles. The summed E-state index contributed by atoms with van der Waals surface area (Å²) in [7, 11) is 0. The molecule has 0 saturated heterocycles. The number of carbonyl (C=O) groups is 1. The molecule has 0 atom stereocenters. The Morgan fingerprint density at radius 1 is 1.13 bits per heavy atom. The first kappa shape index (κ1) is 21.6. The molecule has 116 valence electrons. The number of benzene rings is 1. The molecular weight excluding hydrogens is 368 g/mol. The maximum absolute atomic E-state index is 11.0. The van der Waals surface area contributed by atoms with Crippen LogP contribution in [0.4, 0.5) is 0 Å². The molecule has 0 N–H and O–H groups in total. The Kier molecular flexibility index (Phi) is 13.3. The summed E-state index contributed by atoms with van der Waals surface area (Å²) >= 11 is 0. The molecule has 0 bridgehead atoms. The fourth-order valence-corrected chi connectivity index (χ4v) is 1.24. The largest absolute Gasteiger partial charge is 2.00 e. The van der Waals surface area contributed by atoms with Gasteiger partial charge in [0, 0.05) is 19.3 Å². The van der Waals surface area contributed by atoms with Crippen LogP contribution in [-0.2, 0) is 0 Å². The molecular formula is C16H17BrMgN4O. The van der Waals surface area contributed by atoms with Crippen LogP contribution in [0.3, 0.4) is 0 Å². The van der Waals surface area contributed by atoms with Crippen LogP contribution < -0.4 is 17.0 Å². The van der Waals surface area contributed by atoms with Crippen LogP contribution in [0.2, 0.25) is 0 Å². The summed E-state index contributed by atoms with van der Waals surface area (Å²) in [5.74, 6) is -0.138. The zero-order valence-electron chi connectivity index (χ0n) is 14.3. The molecule has 0 aliphatic carbocycles. The van der Waals surface area contributed by atoms with Crippen LogP contribution >= 0.6 is 0 Å². The van der Waals surface area contributed by atoms with Crippen LogP contribution in [0.25, 0.3) is 11.2 Å². The minimum Gasteiger partial charge on any atom is -1.00 e. The molecule has 7 heteroatoms. The molecule has 2 heterocycles. The van der Waals surface area contributed by atoms with Crippen molar-refractivity contribution in [2.75, 3.05) is 0 Å². The van der Waals surface area contributed by atoms with Crippen molar-refractivity contribution in [2.45, 2.75) is 20.8 Å². The van der Waals surface area contributed by atoms with E-state index in [-0.39, 0.29) is 63.5 Å². The molecule has 5 nitrogen and oxygen atoms in total. The van der Waals surface area contributed by atoms with Gasteiger partial charge in [-0.15, -0.1) is 0 Å². The first-order valence-electron chi connectivity index (χ1n) is 7.05. The summed E-state index contributed by atoms with van der Waals surface area (Å²) in [4.78, 5) is 26.4. The molecule has 0 amide bonds. The van der Waals surface area contributed by atoms with Gasteiger partial charge < -0.3 is 17.0 Å². The van der Waals surface area contributed by atoms with E-state index in [9.17, 15) is 4.79 Å². The zero-order valence-corrected chi connectivity index (χ0v) is 16.3. The summed E-state index contributed by atoms with van der Waals surface area (Å²) < 4.78 is 7.24. The van der Waals surface area contributed by atoms with Crippen molar-refractivity contribution in [3.63, 3.8) is 0 Å². The van der Waals surface area contributed by atoms with E-state index >= 15 is 0 Å². The molecule has 2 aromatic heterocycles. The van der Waals surface area contributed by atoms with E-state index in [1.54, 1.807) is 0 Å². The molecule has 3 aromatic rings. The number of fused-ring (bicyclic) bond motifs is 1. The maximum Gasteiger partial charge on any atom is 2.00 e. The summed E-state index contributed by atoms with van der Waals surface area (Å²) in [6.07, 6.45) is 2.75. The Labute approximate surface area is 164 Å². The van der Waals surface area contributed by atoms with E-state index in [0.717, 1.165) is 0 Å². The van der Waals surface area contributed by atoms with Crippen molar-refractivity contribution in [3.05, 3.63) is 60.8 Å². The van der Waals surface area contributed by atoms with E-state index in [1.807, 2.05) is 44.2 Å². The molecule has 3 rings (SSSR count). The van der Waals surface area contributed by atoms with E-state index in [2.05, 4.69) is 26.0 Å². The minimum absolute atomic E-state index is 0. The number of ketones is 1. The van der Waals surface area contributed by atoms with E-state index in [1.165, 1.54) is 19.3 Å². The normalized spacial score (nSPS) is 8.74. The first-order chi connectivity index (χ1) is 10.7. The average Bonchev–Trinajstić information content (AvgIpc) is 2.58. The van der Waals surface area contributed by atoms with Crippen LogP contribution in [0.5, 0.6) is 0 Å². The third-order valence-electron chi connectivity index (χ3n) is 2.10. The first-order valence-corrected chi connectivity index (χ1v) is 6.55. The van der Waals surface area contributed by atoms with Gasteiger partial charge in [-0.25, -0.2) is 19.9 Å². The third kappa shape index (κ3) is 8.68. The van der Waals surface area contributed by atoms with Crippen LogP contribution in [0.15, 0.2) is 48.9 Å². The van der Waals surface area contributed by atoms with E-state index in [0.29, 0.717) is 5.52 Å². The van der Waals surface area contributed by atoms with Gasteiger partial charge >= 0.3 is 23.1 Å². The summed E-state index contributed by atoms with van der Waals surface area (Å²) in [5, 5.41) is 0. The number of carbonyl (C=O) groups excluding carboxylic acids is 1. The van der Waals surface area contributed by atoms with Crippen molar-refractivity contribution in [1.82, 2.24) is 19.9 Å². The third-order valence-corrected chi connectivity index (χ3v) is 2.10. The van der Waals surface area contributed by atoms with Gasteiger partial charge in [-0.3, -0.25) is 4.79 Å². The number of nitrogens with zero attached hydrogens (tertiary/aromatic N) is 4. The average molecular weight is 387 g/mol. The Balaban J connectivity index is 0. The molecule has 0 aliphatic rings. The molecule has 23 heavy (non-hydrogen) atoms. The van der Waals surface area contributed by atoms with Gasteiger partial charge in [0.2, 0.25) is 0 Å². The predicted octanol–water partition coefficient (Wildman–Crippen LogP) is -0.241.